The average Bonchev–Trinajstić information content (AvgIpc) is 2.36. The predicted molar refractivity (Wildman–Crippen MR) is 76.8 cm³/mol. The van der Waals surface area contributed by atoms with Crippen LogP contribution >= 0.6 is 11.6 Å². The quantitative estimate of drug-likeness (QED) is 0.836. The van der Waals surface area contributed by atoms with Gasteiger partial charge >= 0.3 is 0 Å². The van der Waals surface area contributed by atoms with Crippen molar-refractivity contribution in [3.63, 3.8) is 0 Å². The number of hydrogen-bond donors (Lipinski definition) is 2. The molecular weight excluding hydrogens is 262 g/mol. The van der Waals surface area contributed by atoms with Gasteiger partial charge in [0.15, 0.2) is 0 Å². The Morgan fingerprint density at radius 3 is 2.95 bits per heavy atom. The SMILES string of the molecule is Cc1ccc(C(=O)NCC2CCCC(Cl)C2)c(O)c1. The van der Waals surface area contributed by atoms with E-state index in [9.17, 15) is 9.90 Å². The zero-order valence-corrected chi connectivity index (χ0v) is 11.9. The van der Waals surface area contributed by atoms with Crippen LogP contribution in [0, 0.1) is 12.8 Å². The topological polar surface area (TPSA) is 49.3 Å². The lowest BCUT2D eigenvalue weighted by Gasteiger charge is -2.25. The number of aromatic hydroxyl groups is 1. The summed E-state index contributed by atoms with van der Waals surface area (Å²) in [6.45, 7) is 2.51. The van der Waals surface area contributed by atoms with Crippen LogP contribution in [0.2, 0.25) is 0 Å². The summed E-state index contributed by atoms with van der Waals surface area (Å²) in [5, 5.41) is 12.9. The van der Waals surface area contributed by atoms with Gasteiger partial charge in [-0.2, -0.15) is 0 Å². The number of carbonyl (C=O) groups excluding carboxylic acids is 1. The second-order valence-corrected chi connectivity index (χ2v) is 5.98. The first-order valence-corrected chi connectivity index (χ1v) is 7.22. The first kappa shape index (κ1) is 14.2. The van der Waals surface area contributed by atoms with Gasteiger partial charge in [0, 0.05) is 11.9 Å². The van der Waals surface area contributed by atoms with Gasteiger partial charge in [0.25, 0.3) is 5.91 Å². The number of aryl methyl sites for hydroxylation is 1. The molecule has 3 nitrogen and oxygen atoms in total. The maximum atomic E-state index is 12.0. The van der Waals surface area contributed by atoms with Crippen molar-refractivity contribution in [2.75, 3.05) is 6.54 Å². The molecule has 1 amide bonds. The van der Waals surface area contributed by atoms with Crippen LogP contribution in [0.5, 0.6) is 5.75 Å². The van der Waals surface area contributed by atoms with Gasteiger partial charge in [-0.3, -0.25) is 4.79 Å². The van der Waals surface area contributed by atoms with Crippen molar-refractivity contribution in [3.05, 3.63) is 29.3 Å². The number of phenolic OH excluding ortho intramolecular Hbond substituents is 1. The Balaban J connectivity index is 1.90. The van der Waals surface area contributed by atoms with E-state index in [-0.39, 0.29) is 17.0 Å². The number of nitrogens with one attached hydrogen (secondary N) is 1. The van der Waals surface area contributed by atoms with Crippen LogP contribution in [0.4, 0.5) is 0 Å². The summed E-state index contributed by atoms with van der Waals surface area (Å²) in [7, 11) is 0. The standard InChI is InChI=1S/C15H20ClNO2/c1-10-5-6-13(14(18)7-10)15(19)17-9-11-3-2-4-12(16)8-11/h5-7,11-12,18H,2-4,8-9H2,1H3,(H,17,19). The van der Waals surface area contributed by atoms with Crippen LogP contribution in [-0.4, -0.2) is 22.9 Å². The third-order valence-corrected chi connectivity index (χ3v) is 4.06. The number of carbonyl (C=O) groups is 1. The van der Waals surface area contributed by atoms with Crippen LogP contribution in [0.15, 0.2) is 18.2 Å². The Kier molecular flexibility index (Phi) is 4.70. The van der Waals surface area contributed by atoms with Gasteiger partial charge in [-0.25, -0.2) is 0 Å². The van der Waals surface area contributed by atoms with Gasteiger partial charge in [-0.1, -0.05) is 12.5 Å². The maximum absolute atomic E-state index is 12.0. The monoisotopic (exact) mass is 281 g/mol. The van der Waals surface area contributed by atoms with E-state index in [0.717, 1.165) is 31.2 Å². The highest BCUT2D eigenvalue weighted by atomic mass is 35.5. The summed E-state index contributed by atoms with van der Waals surface area (Å²) in [4.78, 5) is 12.0. The van der Waals surface area contributed by atoms with Gasteiger partial charge in [-0.15, -0.1) is 11.6 Å². The van der Waals surface area contributed by atoms with Crippen molar-refractivity contribution in [1.29, 1.82) is 0 Å². The van der Waals surface area contributed by atoms with Crippen molar-refractivity contribution < 1.29 is 9.90 Å². The highest BCUT2D eigenvalue weighted by molar-refractivity contribution is 6.20. The Bertz CT molecular complexity index is 461. The number of benzene rings is 1. The molecule has 2 rings (SSSR count). The largest absolute Gasteiger partial charge is 0.507 e. The molecule has 4 heteroatoms. The van der Waals surface area contributed by atoms with Crippen LogP contribution in [-0.2, 0) is 0 Å². The average molecular weight is 282 g/mol. The van der Waals surface area contributed by atoms with Gasteiger partial charge in [0.2, 0.25) is 0 Å². The fourth-order valence-corrected chi connectivity index (χ4v) is 2.98. The molecule has 0 aliphatic heterocycles. The van der Waals surface area contributed by atoms with E-state index in [0.29, 0.717) is 18.0 Å². The molecule has 1 saturated carbocycles. The second-order valence-electron chi connectivity index (χ2n) is 5.36. The molecule has 1 aromatic carbocycles. The summed E-state index contributed by atoms with van der Waals surface area (Å²) >= 11 is 6.13. The molecule has 0 saturated heterocycles. The van der Waals surface area contributed by atoms with Crippen molar-refractivity contribution in [3.8, 4) is 5.75 Å². The van der Waals surface area contributed by atoms with Gasteiger partial charge < -0.3 is 10.4 Å². The third-order valence-electron chi connectivity index (χ3n) is 3.67. The zero-order valence-electron chi connectivity index (χ0n) is 11.2. The minimum absolute atomic E-state index is 0.0383. The molecule has 1 aliphatic rings. The van der Waals surface area contributed by atoms with E-state index in [1.807, 2.05) is 13.0 Å². The lowest BCUT2D eigenvalue weighted by Crippen LogP contribution is -2.32. The summed E-state index contributed by atoms with van der Waals surface area (Å²) in [5.74, 6) is 0.276. The second kappa shape index (κ2) is 6.29. The summed E-state index contributed by atoms with van der Waals surface area (Å²) in [5.41, 5.74) is 1.27. The molecule has 19 heavy (non-hydrogen) atoms. The molecular formula is C15H20ClNO2. The lowest BCUT2D eigenvalue weighted by atomic mass is 9.89. The molecule has 2 N–H and O–H groups in total. The smallest absolute Gasteiger partial charge is 0.255 e. The van der Waals surface area contributed by atoms with E-state index in [1.54, 1.807) is 12.1 Å². The Morgan fingerprint density at radius 1 is 1.47 bits per heavy atom. The molecule has 0 bridgehead atoms. The molecule has 0 aromatic heterocycles. The number of amides is 1. The molecule has 1 fully saturated rings. The van der Waals surface area contributed by atoms with Gasteiger partial charge in [-0.05, 0) is 49.8 Å². The zero-order chi connectivity index (χ0) is 13.8. The third kappa shape index (κ3) is 3.87. The lowest BCUT2D eigenvalue weighted by molar-refractivity contribution is 0.0941. The van der Waals surface area contributed by atoms with E-state index >= 15 is 0 Å². The molecule has 1 aromatic rings. The normalized spacial score (nSPS) is 23.1. The van der Waals surface area contributed by atoms with Crippen molar-refractivity contribution in [1.82, 2.24) is 5.32 Å². The molecule has 0 heterocycles. The van der Waals surface area contributed by atoms with Crippen LogP contribution < -0.4 is 5.32 Å². The van der Waals surface area contributed by atoms with E-state index in [2.05, 4.69) is 5.32 Å². The fourth-order valence-electron chi connectivity index (χ4n) is 2.58. The first-order valence-electron chi connectivity index (χ1n) is 6.78. The Hall–Kier alpha value is -1.22. The number of alkyl halides is 1. The number of halogens is 1. The fraction of sp³-hybridized carbons (Fsp3) is 0.533. The minimum Gasteiger partial charge on any atom is -0.507 e. The van der Waals surface area contributed by atoms with Crippen LogP contribution in [0.3, 0.4) is 0 Å². The molecule has 2 unspecified atom stereocenters. The van der Waals surface area contributed by atoms with Crippen molar-refractivity contribution in [2.24, 2.45) is 5.92 Å². The van der Waals surface area contributed by atoms with Crippen molar-refractivity contribution in [2.45, 2.75) is 38.0 Å². The Labute approximate surface area is 119 Å². The molecule has 104 valence electrons. The number of hydrogen-bond acceptors (Lipinski definition) is 2. The highest BCUT2D eigenvalue weighted by Gasteiger charge is 2.21. The highest BCUT2D eigenvalue weighted by Crippen LogP contribution is 2.27. The molecule has 1 aliphatic carbocycles. The van der Waals surface area contributed by atoms with Gasteiger partial charge in [0.05, 0.1) is 5.56 Å². The van der Waals surface area contributed by atoms with E-state index < -0.39 is 0 Å². The van der Waals surface area contributed by atoms with Crippen LogP contribution in [0.25, 0.3) is 0 Å². The molecule has 0 radical (unpaired) electrons. The summed E-state index contributed by atoms with van der Waals surface area (Å²) < 4.78 is 0. The summed E-state index contributed by atoms with van der Waals surface area (Å²) in [6, 6.07) is 5.08. The predicted octanol–water partition coefficient (Wildman–Crippen LogP) is 3.23. The Morgan fingerprint density at radius 2 is 2.26 bits per heavy atom. The number of rotatable bonds is 3. The van der Waals surface area contributed by atoms with Gasteiger partial charge in [0.1, 0.15) is 5.75 Å². The maximum Gasteiger partial charge on any atom is 0.255 e. The van der Waals surface area contributed by atoms with E-state index in [4.69, 9.17) is 11.6 Å². The first-order chi connectivity index (χ1) is 9.06. The van der Waals surface area contributed by atoms with Crippen molar-refractivity contribution >= 4 is 17.5 Å². The van der Waals surface area contributed by atoms with E-state index in [1.165, 1.54) is 0 Å². The molecule has 2 atom stereocenters. The number of phenols is 1. The van der Waals surface area contributed by atoms with Crippen LogP contribution in [0.1, 0.15) is 41.6 Å². The molecule has 0 spiro atoms. The summed E-state index contributed by atoms with van der Waals surface area (Å²) in [6.07, 6.45) is 4.28. The minimum atomic E-state index is -0.214.